The molecule has 134 valence electrons. The smallest absolute Gasteiger partial charge is 0.227 e. The second-order valence-corrected chi connectivity index (χ2v) is 7.47. The van der Waals surface area contributed by atoms with Crippen LogP contribution in [-0.4, -0.2) is 18.4 Å². The number of nitrogens with zero attached hydrogens (tertiary/aromatic N) is 1. The van der Waals surface area contributed by atoms with Gasteiger partial charge in [-0.15, -0.1) is 0 Å². The molecule has 0 spiro atoms. The van der Waals surface area contributed by atoms with Gasteiger partial charge < -0.3 is 10.2 Å². The first-order valence-corrected chi connectivity index (χ1v) is 9.44. The van der Waals surface area contributed by atoms with Crippen molar-refractivity contribution in [3.05, 3.63) is 64.7 Å². The first kappa shape index (κ1) is 17.1. The van der Waals surface area contributed by atoms with E-state index in [0.29, 0.717) is 11.6 Å². The number of fused-ring (bicyclic) bond motifs is 1. The van der Waals surface area contributed by atoms with Crippen molar-refractivity contribution in [3.63, 3.8) is 0 Å². The van der Waals surface area contributed by atoms with Crippen LogP contribution in [0.15, 0.2) is 48.5 Å². The van der Waals surface area contributed by atoms with E-state index in [0.717, 1.165) is 24.9 Å². The first-order valence-electron chi connectivity index (χ1n) is 9.06. The van der Waals surface area contributed by atoms with Gasteiger partial charge >= 0.3 is 0 Å². The summed E-state index contributed by atoms with van der Waals surface area (Å²) in [6.45, 7) is 0.417. The summed E-state index contributed by atoms with van der Waals surface area (Å²) in [6.07, 6.45) is 3.34. The number of carbonyl (C=O) groups is 2. The number of hydrogen-bond acceptors (Lipinski definition) is 2. The second-order valence-electron chi connectivity index (χ2n) is 7.03. The Morgan fingerprint density at radius 1 is 1.12 bits per heavy atom. The van der Waals surface area contributed by atoms with Crippen LogP contribution in [0.1, 0.15) is 36.4 Å². The van der Waals surface area contributed by atoms with Crippen LogP contribution in [0.5, 0.6) is 0 Å². The van der Waals surface area contributed by atoms with Gasteiger partial charge in [0, 0.05) is 23.7 Å². The molecule has 4 rings (SSSR count). The van der Waals surface area contributed by atoms with E-state index >= 15 is 0 Å². The van der Waals surface area contributed by atoms with Crippen molar-refractivity contribution in [2.45, 2.75) is 31.7 Å². The van der Waals surface area contributed by atoms with Gasteiger partial charge in [-0.2, -0.15) is 0 Å². The van der Waals surface area contributed by atoms with E-state index in [1.54, 1.807) is 17.0 Å². The zero-order valence-corrected chi connectivity index (χ0v) is 15.2. The van der Waals surface area contributed by atoms with Crippen LogP contribution in [-0.2, 0) is 16.0 Å². The lowest BCUT2D eigenvalue weighted by Gasteiger charge is -2.27. The van der Waals surface area contributed by atoms with Crippen molar-refractivity contribution >= 4 is 29.1 Å². The van der Waals surface area contributed by atoms with Crippen LogP contribution in [0.3, 0.4) is 0 Å². The molecule has 0 bridgehead atoms. The van der Waals surface area contributed by atoms with E-state index in [1.165, 1.54) is 11.1 Å². The molecule has 1 aliphatic carbocycles. The molecular formula is C21H21ClN2O2. The van der Waals surface area contributed by atoms with Crippen molar-refractivity contribution < 1.29 is 9.59 Å². The summed E-state index contributed by atoms with van der Waals surface area (Å²) in [5.74, 6) is -0.361. The third-order valence-corrected chi connectivity index (χ3v) is 5.57. The Morgan fingerprint density at radius 2 is 1.88 bits per heavy atom. The average molecular weight is 369 g/mol. The van der Waals surface area contributed by atoms with Gasteiger partial charge in [0.1, 0.15) is 0 Å². The molecule has 2 unspecified atom stereocenters. The average Bonchev–Trinajstić information content (AvgIpc) is 3.05. The maximum Gasteiger partial charge on any atom is 0.227 e. The molecule has 1 aliphatic heterocycles. The summed E-state index contributed by atoms with van der Waals surface area (Å²) in [5, 5.41) is 3.81. The van der Waals surface area contributed by atoms with Crippen LogP contribution >= 0.6 is 11.6 Å². The molecule has 1 saturated heterocycles. The number of nitrogens with one attached hydrogen (secondary N) is 1. The highest BCUT2D eigenvalue weighted by molar-refractivity contribution is 6.30. The highest BCUT2D eigenvalue weighted by atomic mass is 35.5. The van der Waals surface area contributed by atoms with Crippen LogP contribution in [0, 0.1) is 5.92 Å². The van der Waals surface area contributed by atoms with Crippen molar-refractivity contribution in [1.82, 2.24) is 5.32 Å². The third kappa shape index (κ3) is 3.34. The van der Waals surface area contributed by atoms with Gasteiger partial charge in [-0.1, -0.05) is 35.9 Å². The normalized spacial score (nSPS) is 22.2. The fourth-order valence-electron chi connectivity index (χ4n) is 3.95. The molecule has 1 N–H and O–H groups in total. The topological polar surface area (TPSA) is 49.4 Å². The fourth-order valence-corrected chi connectivity index (χ4v) is 4.07. The summed E-state index contributed by atoms with van der Waals surface area (Å²) in [7, 11) is 0. The summed E-state index contributed by atoms with van der Waals surface area (Å²) < 4.78 is 0. The lowest BCUT2D eigenvalue weighted by molar-refractivity contribution is -0.127. The number of halogens is 1. The van der Waals surface area contributed by atoms with E-state index in [-0.39, 0.29) is 30.2 Å². The predicted molar refractivity (Wildman–Crippen MR) is 102 cm³/mol. The summed E-state index contributed by atoms with van der Waals surface area (Å²) in [6, 6.07) is 15.5. The Kier molecular flexibility index (Phi) is 4.68. The molecule has 0 saturated carbocycles. The Balaban J connectivity index is 1.45. The molecule has 2 aliphatic rings. The van der Waals surface area contributed by atoms with E-state index in [2.05, 4.69) is 17.4 Å². The minimum Gasteiger partial charge on any atom is -0.349 e. The number of amides is 2. The van der Waals surface area contributed by atoms with Crippen LogP contribution in [0.2, 0.25) is 5.02 Å². The van der Waals surface area contributed by atoms with Gasteiger partial charge in [0.25, 0.3) is 0 Å². The highest BCUT2D eigenvalue weighted by Crippen LogP contribution is 2.31. The number of hydrogen-bond donors (Lipinski definition) is 1. The lowest BCUT2D eigenvalue weighted by atomic mass is 9.87. The third-order valence-electron chi connectivity index (χ3n) is 5.32. The van der Waals surface area contributed by atoms with Crippen molar-refractivity contribution in [1.29, 1.82) is 0 Å². The Bertz CT molecular complexity index is 834. The number of aryl methyl sites for hydroxylation is 1. The van der Waals surface area contributed by atoms with E-state index in [1.807, 2.05) is 24.3 Å². The SMILES string of the molecule is O=C(NC1CCCc2ccccc21)C1CC(=O)N(c2ccc(Cl)cc2)C1. The number of benzene rings is 2. The Morgan fingerprint density at radius 3 is 2.69 bits per heavy atom. The maximum atomic E-state index is 12.8. The molecule has 1 fully saturated rings. The summed E-state index contributed by atoms with van der Waals surface area (Å²) in [5.41, 5.74) is 3.32. The quantitative estimate of drug-likeness (QED) is 0.893. The van der Waals surface area contributed by atoms with E-state index < -0.39 is 0 Å². The van der Waals surface area contributed by atoms with Crippen molar-refractivity contribution in [2.75, 3.05) is 11.4 Å². The molecule has 2 amide bonds. The molecule has 0 radical (unpaired) electrons. The minimum atomic E-state index is -0.313. The van der Waals surface area contributed by atoms with Crippen LogP contribution < -0.4 is 10.2 Å². The molecular weight excluding hydrogens is 348 g/mol. The molecule has 4 nitrogen and oxygen atoms in total. The van der Waals surface area contributed by atoms with Crippen molar-refractivity contribution in [2.24, 2.45) is 5.92 Å². The Hall–Kier alpha value is -2.33. The molecule has 26 heavy (non-hydrogen) atoms. The standard InChI is InChI=1S/C21H21ClN2O2/c22-16-8-10-17(11-9-16)24-13-15(12-20(24)25)21(26)23-19-7-3-5-14-4-1-2-6-18(14)19/h1-2,4,6,8-11,15,19H,3,5,7,12-13H2,(H,23,26). The van der Waals surface area contributed by atoms with Gasteiger partial charge in [0.05, 0.1) is 12.0 Å². The number of rotatable bonds is 3. The molecule has 2 aromatic carbocycles. The number of anilines is 1. The van der Waals surface area contributed by atoms with Gasteiger partial charge in [0.2, 0.25) is 11.8 Å². The van der Waals surface area contributed by atoms with Gasteiger partial charge in [0.15, 0.2) is 0 Å². The summed E-state index contributed by atoms with van der Waals surface area (Å²) >= 11 is 5.92. The lowest BCUT2D eigenvalue weighted by Crippen LogP contribution is -2.36. The van der Waals surface area contributed by atoms with Crippen LogP contribution in [0.4, 0.5) is 5.69 Å². The Labute approximate surface area is 158 Å². The zero-order valence-electron chi connectivity index (χ0n) is 14.5. The van der Waals surface area contributed by atoms with Crippen LogP contribution in [0.25, 0.3) is 0 Å². The predicted octanol–water partition coefficient (Wildman–Crippen LogP) is 3.89. The molecule has 0 aromatic heterocycles. The molecule has 1 heterocycles. The molecule has 2 aromatic rings. The minimum absolute atomic E-state index is 0.0171. The number of carbonyl (C=O) groups excluding carboxylic acids is 2. The van der Waals surface area contributed by atoms with Gasteiger partial charge in [-0.05, 0) is 54.7 Å². The van der Waals surface area contributed by atoms with Gasteiger partial charge in [-0.3, -0.25) is 9.59 Å². The van der Waals surface area contributed by atoms with E-state index in [4.69, 9.17) is 11.6 Å². The fraction of sp³-hybridized carbons (Fsp3) is 0.333. The largest absolute Gasteiger partial charge is 0.349 e. The maximum absolute atomic E-state index is 12.8. The van der Waals surface area contributed by atoms with Gasteiger partial charge in [-0.25, -0.2) is 0 Å². The van der Waals surface area contributed by atoms with Crippen molar-refractivity contribution in [3.8, 4) is 0 Å². The molecule has 5 heteroatoms. The van der Waals surface area contributed by atoms with E-state index in [9.17, 15) is 9.59 Å². The highest BCUT2D eigenvalue weighted by Gasteiger charge is 2.36. The zero-order chi connectivity index (χ0) is 18.1. The monoisotopic (exact) mass is 368 g/mol. The summed E-state index contributed by atoms with van der Waals surface area (Å²) in [4.78, 5) is 26.8. The second kappa shape index (κ2) is 7.12. The first-order chi connectivity index (χ1) is 12.6. The molecule has 2 atom stereocenters.